The summed E-state index contributed by atoms with van der Waals surface area (Å²) in [5, 5.41) is 9.30. The van der Waals surface area contributed by atoms with Crippen LogP contribution in [0.1, 0.15) is 17.9 Å². The van der Waals surface area contributed by atoms with Gasteiger partial charge in [-0.05, 0) is 18.1 Å². The lowest BCUT2D eigenvalue weighted by atomic mass is 10.0. The van der Waals surface area contributed by atoms with Gasteiger partial charge in [-0.2, -0.15) is 0 Å². The van der Waals surface area contributed by atoms with Crippen LogP contribution in [0.15, 0.2) is 24.3 Å². The summed E-state index contributed by atoms with van der Waals surface area (Å²) in [6, 6.07) is 7.07. The predicted octanol–water partition coefficient (Wildman–Crippen LogP) is 0.828. The number of hydrogen-bond donors (Lipinski definition) is 2. The van der Waals surface area contributed by atoms with E-state index in [1.165, 1.54) is 0 Å². The number of carboxylic acids is 1. The summed E-state index contributed by atoms with van der Waals surface area (Å²) >= 11 is 0. The van der Waals surface area contributed by atoms with Gasteiger partial charge >= 0.3 is 12.0 Å². The molecule has 2 unspecified atom stereocenters. The van der Waals surface area contributed by atoms with Gasteiger partial charge in [0.1, 0.15) is 5.92 Å². The van der Waals surface area contributed by atoms with Crippen molar-refractivity contribution in [2.75, 3.05) is 24.5 Å². The van der Waals surface area contributed by atoms with Crippen molar-refractivity contribution in [3.63, 3.8) is 0 Å². The third-order valence-corrected chi connectivity index (χ3v) is 3.99. The number of carbonyl (C=O) groups is 2. The fourth-order valence-corrected chi connectivity index (χ4v) is 2.93. The summed E-state index contributed by atoms with van der Waals surface area (Å²) in [6.07, 6.45) is 0.795. The molecule has 1 aromatic carbocycles. The zero-order chi connectivity index (χ0) is 14.3. The average molecular weight is 275 g/mol. The van der Waals surface area contributed by atoms with Crippen LogP contribution in [0.4, 0.5) is 10.5 Å². The Morgan fingerprint density at radius 3 is 2.65 bits per heavy atom. The lowest BCUT2D eigenvalue weighted by Crippen LogP contribution is -2.43. The van der Waals surface area contributed by atoms with Crippen LogP contribution in [0.2, 0.25) is 0 Å². The molecule has 106 valence electrons. The van der Waals surface area contributed by atoms with Crippen LogP contribution in [-0.2, 0) is 4.79 Å². The van der Waals surface area contributed by atoms with Gasteiger partial charge in [0, 0.05) is 31.4 Å². The highest BCUT2D eigenvalue weighted by Gasteiger charge is 2.39. The maximum Gasteiger partial charge on any atom is 0.324 e. The van der Waals surface area contributed by atoms with Crippen molar-refractivity contribution < 1.29 is 14.7 Å². The Bertz CT molecular complexity index is 560. The van der Waals surface area contributed by atoms with Crippen molar-refractivity contribution in [3.8, 4) is 0 Å². The van der Waals surface area contributed by atoms with E-state index in [0.29, 0.717) is 24.3 Å². The Kier molecular flexibility index (Phi) is 3.10. The Hall–Kier alpha value is -2.08. The van der Waals surface area contributed by atoms with Crippen molar-refractivity contribution in [1.29, 1.82) is 0 Å². The smallest absolute Gasteiger partial charge is 0.324 e. The molecule has 6 nitrogen and oxygen atoms in total. The van der Waals surface area contributed by atoms with Crippen LogP contribution in [0.25, 0.3) is 0 Å². The number of hydrogen-bond acceptors (Lipinski definition) is 3. The molecule has 1 aromatic rings. The van der Waals surface area contributed by atoms with Crippen LogP contribution in [-0.4, -0.2) is 47.7 Å². The number of nitrogens with zero attached hydrogens (tertiary/aromatic N) is 2. The third kappa shape index (κ3) is 2.02. The molecule has 0 aromatic heterocycles. The van der Waals surface area contributed by atoms with E-state index in [1.54, 1.807) is 28.0 Å². The summed E-state index contributed by atoms with van der Waals surface area (Å²) in [7, 11) is 0. The number of para-hydroxylation sites is 1. The topological polar surface area (TPSA) is 86.9 Å². The van der Waals surface area contributed by atoms with E-state index in [1.807, 2.05) is 6.07 Å². The third-order valence-electron chi connectivity index (χ3n) is 3.99. The maximum absolute atomic E-state index is 12.5. The summed E-state index contributed by atoms with van der Waals surface area (Å²) in [5.41, 5.74) is 7.23. The molecule has 1 saturated heterocycles. The van der Waals surface area contributed by atoms with E-state index in [4.69, 9.17) is 5.73 Å². The molecule has 2 heterocycles. The number of anilines is 1. The number of aliphatic carboxylic acids is 1. The van der Waals surface area contributed by atoms with Gasteiger partial charge in [-0.25, -0.2) is 4.79 Å². The molecule has 2 atom stereocenters. The molecule has 3 rings (SSSR count). The van der Waals surface area contributed by atoms with E-state index in [9.17, 15) is 14.7 Å². The number of amides is 2. The van der Waals surface area contributed by atoms with Crippen LogP contribution in [0.3, 0.4) is 0 Å². The Morgan fingerprint density at radius 2 is 2.00 bits per heavy atom. The Balaban J connectivity index is 1.88. The number of benzene rings is 1. The maximum atomic E-state index is 12.5. The zero-order valence-corrected chi connectivity index (χ0v) is 11.0. The number of fused-ring (bicyclic) bond motifs is 1. The van der Waals surface area contributed by atoms with E-state index < -0.39 is 11.9 Å². The summed E-state index contributed by atoms with van der Waals surface area (Å²) < 4.78 is 0. The predicted molar refractivity (Wildman–Crippen MR) is 73.7 cm³/mol. The molecular weight excluding hydrogens is 258 g/mol. The normalized spacial score (nSPS) is 24.9. The van der Waals surface area contributed by atoms with Gasteiger partial charge in [0.2, 0.25) is 0 Å². The van der Waals surface area contributed by atoms with Gasteiger partial charge in [-0.1, -0.05) is 18.2 Å². The molecule has 2 aliphatic heterocycles. The number of likely N-dealkylation sites (tertiary alicyclic amines) is 1. The molecule has 0 saturated carbocycles. The Labute approximate surface area is 116 Å². The van der Waals surface area contributed by atoms with E-state index in [2.05, 4.69) is 0 Å². The molecule has 2 aliphatic rings. The molecule has 0 spiro atoms. The van der Waals surface area contributed by atoms with Gasteiger partial charge in [-0.3, -0.25) is 9.69 Å². The average Bonchev–Trinajstić information content (AvgIpc) is 3.02. The van der Waals surface area contributed by atoms with Crippen molar-refractivity contribution in [2.24, 2.45) is 5.73 Å². The van der Waals surface area contributed by atoms with Crippen LogP contribution in [0.5, 0.6) is 0 Å². The first kappa shape index (κ1) is 12.9. The molecule has 20 heavy (non-hydrogen) atoms. The molecule has 3 N–H and O–H groups in total. The number of carbonyl (C=O) groups excluding carboxylic acids is 1. The van der Waals surface area contributed by atoms with Gasteiger partial charge in [0.15, 0.2) is 0 Å². The molecule has 0 aliphatic carbocycles. The van der Waals surface area contributed by atoms with Crippen LogP contribution >= 0.6 is 0 Å². The monoisotopic (exact) mass is 275 g/mol. The molecule has 6 heteroatoms. The SMILES string of the molecule is NC1CCN(C(=O)N2CC(C(=O)O)c3ccccc32)C1. The van der Waals surface area contributed by atoms with E-state index in [0.717, 1.165) is 6.42 Å². The second-order valence-electron chi connectivity index (χ2n) is 5.34. The van der Waals surface area contributed by atoms with Crippen LogP contribution < -0.4 is 10.6 Å². The quantitative estimate of drug-likeness (QED) is 0.794. The first-order valence-electron chi connectivity index (χ1n) is 6.71. The fourth-order valence-electron chi connectivity index (χ4n) is 2.93. The van der Waals surface area contributed by atoms with Crippen molar-refractivity contribution >= 4 is 17.7 Å². The molecule has 0 radical (unpaired) electrons. The van der Waals surface area contributed by atoms with E-state index in [-0.39, 0.29) is 18.6 Å². The standard InChI is InChI=1S/C14H17N3O3/c15-9-5-6-16(7-9)14(20)17-8-11(13(18)19)10-3-1-2-4-12(10)17/h1-4,9,11H,5-8,15H2,(H,18,19). The van der Waals surface area contributed by atoms with E-state index >= 15 is 0 Å². The van der Waals surface area contributed by atoms with Gasteiger partial charge in [0.05, 0.1) is 0 Å². The number of rotatable bonds is 1. The largest absolute Gasteiger partial charge is 0.481 e. The lowest BCUT2D eigenvalue weighted by Gasteiger charge is -2.24. The minimum atomic E-state index is -0.897. The highest BCUT2D eigenvalue weighted by molar-refractivity contribution is 5.98. The zero-order valence-electron chi connectivity index (χ0n) is 11.0. The van der Waals surface area contributed by atoms with Gasteiger partial charge in [-0.15, -0.1) is 0 Å². The first-order valence-corrected chi connectivity index (χ1v) is 6.71. The minimum Gasteiger partial charge on any atom is -0.481 e. The first-order chi connectivity index (χ1) is 9.58. The second-order valence-corrected chi connectivity index (χ2v) is 5.34. The van der Waals surface area contributed by atoms with Crippen molar-refractivity contribution in [2.45, 2.75) is 18.4 Å². The number of carboxylic acid groups (broad SMARTS) is 1. The summed E-state index contributed by atoms with van der Waals surface area (Å²) in [5.74, 6) is -1.54. The number of urea groups is 1. The van der Waals surface area contributed by atoms with Crippen molar-refractivity contribution in [1.82, 2.24) is 4.90 Å². The fraction of sp³-hybridized carbons (Fsp3) is 0.429. The molecule has 1 fully saturated rings. The van der Waals surface area contributed by atoms with Gasteiger partial charge < -0.3 is 15.7 Å². The van der Waals surface area contributed by atoms with Crippen molar-refractivity contribution in [3.05, 3.63) is 29.8 Å². The Morgan fingerprint density at radius 1 is 1.25 bits per heavy atom. The highest BCUT2D eigenvalue weighted by Crippen LogP contribution is 2.37. The molecular formula is C14H17N3O3. The second kappa shape index (κ2) is 4.79. The molecule has 0 bridgehead atoms. The minimum absolute atomic E-state index is 0.0204. The molecule has 2 amide bonds. The van der Waals surface area contributed by atoms with Crippen LogP contribution in [0, 0.1) is 0 Å². The highest BCUT2D eigenvalue weighted by atomic mass is 16.4. The van der Waals surface area contributed by atoms with Gasteiger partial charge in [0.25, 0.3) is 0 Å². The summed E-state index contributed by atoms with van der Waals surface area (Å²) in [4.78, 5) is 27.1. The number of nitrogens with two attached hydrogens (primary N) is 1. The summed E-state index contributed by atoms with van der Waals surface area (Å²) in [6.45, 7) is 1.37. The lowest BCUT2D eigenvalue weighted by molar-refractivity contribution is -0.138.